The molecule has 8 heteroatoms. The normalized spacial score (nSPS) is 20.8. The lowest BCUT2D eigenvalue weighted by molar-refractivity contribution is 0.0604. The van der Waals surface area contributed by atoms with Crippen LogP contribution in [0.2, 0.25) is 0 Å². The van der Waals surface area contributed by atoms with Crippen molar-refractivity contribution in [1.82, 2.24) is 4.98 Å². The molecule has 20 heavy (non-hydrogen) atoms. The van der Waals surface area contributed by atoms with Crippen LogP contribution in [0.3, 0.4) is 0 Å². The first-order valence-corrected chi connectivity index (χ1v) is 6.69. The van der Waals surface area contributed by atoms with E-state index in [-0.39, 0.29) is 5.96 Å². The quantitative estimate of drug-likeness (QED) is 0.609. The van der Waals surface area contributed by atoms with E-state index >= 15 is 0 Å². The smallest absolute Gasteiger partial charge is 0.348 e. The van der Waals surface area contributed by atoms with Crippen LogP contribution in [0.4, 0.5) is 5.69 Å². The minimum Gasteiger partial charge on any atom is -0.465 e. The molecule has 1 unspecified atom stereocenters. The number of nitrogens with one attached hydrogen (secondary N) is 2. The average Bonchev–Trinajstić information content (AvgIpc) is 3.05. The Balaban J connectivity index is 2.20. The first-order chi connectivity index (χ1) is 9.56. The Labute approximate surface area is 118 Å². The Morgan fingerprint density at radius 2 is 2.30 bits per heavy atom. The van der Waals surface area contributed by atoms with Crippen LogP contribution in [-0.2, 0) is 10.4 Å². The molecule has 0 bridgehead atoms. The Hall–Kier alpha value is -2.32. The van der Waals surface area contributed by atoms with E-state index in [1.54, 1.807) is 17.6 Å². The van der Waals surface area contributed by atoms with E-state index in [9.17, 15) is 4.79 Å². The number of ether oxygens (including phenoxy) is 1. The predicted octanol–water partition coefficient (Wildman–Crippen LogP) is 0.763. The molecule has 0 radical (unpaired) electrons. The second-order valence-electron chi connectivity index (χ2n) is 4.31. The number of guanidine groups is 1. The van der Waals surface area contributed by atoms with E-state index in [1.807, 2.05) is 6.07 Å². The van der Waals surface area contributed by atoms with Gasteiger partial charge in [-0.25, -0.2) is 9.79 Å². The molecule has 1 aliphatic heterocycles. The highest BCUT2D eigenvalue weighted by Gasteiger charge is 2.40. The van der Waals surface area contributed by atoms with Crippen LogP contribution in [0, 0.1) is 0 Å². The minimum atomic E-state index is -1.24. The molecular formula is C12H13N5O2S. The van der Waals surface area contributed by atoms with Crippen molar-refractivity contribution < 1.29 is 9.53 Å². The maximum absolute atomic E-state index is 11.8. The summed E-state index contributed by atoms with van der Waals surface area (Å²) in [5, 5.41) is 4.69. The van der Waals surface area contributed by atoms with Crippen molar-refractivity contribution in [3.8, 4) is 0 Å². The van der Waals surface area contributed by atoms with Crippen molar-refractivity contribution in [2.45, 2.75) is 5.66 Å². The van der Waals surface area contributed by atoms with E-state index in [4.69, 9.17) is 16.2 Å². The molecule has 1 atom stereocenters. The van der Waals surface area contributed by atoms with Gasteiger partial charge in [0.1, 0.15) is 4.88 Å². The van der Waals surface area contributed by atoms with E-state index in [1.165, 1.54) is 18.4 Å². The highest BCUT2D eigenvalue weighted by atomic mass is 32.1. The van der Waals surface area contributed by atoms with Crippen LogP contribution in [0.5, 0.6) is 0 Å². The number of aromatic nitrogens is 1. The number of hydrogen-bond donors (Lipinski definition) is 4. The molecule has 0 aromatic carbocycles. The summed E-state index contributed by atoms with van der Waals surface area (Å²) < 4.78 is 4.78. The second-order valence-corrected chi connectivity index (χ2v) is 5.23. The van der Waals surface area contributed by atoms with Gasteiger partial charge in [-0.05, 0) is 17.5 Å². The summed E-state index contributed by atoms with van der Waals surface area (Å²) in [4.78, 5) is 19.6. The summed E-state index contributed by atoms with van der Waals surface area (Å²) in [5.74, 6) is -0.248. The lowest BCUT2D eigenvalue weighted by Crippen LogP contribution is -2.44. The van der Waals surface area contributed by atoms with Crippen molar-refractivity contribution in [2.24, 2.45) is 16.5 Å². The van der Waals surface area contributed by atoms with Crippen molar-refractivity contribution in [1.29, 1.82) is 0 Å². The van der Waals surface area contributed by atoms with Crippen LogP contribution in [-0.4, -0.2) is 24.0 Å². The summed E-state index contributed by atoms with van der Waals surface area (Å²) in [5.41, 5.74) is 12.9. The standard InChI is InChI=1S/C12H13N5O2S/c1-19-10(18)8-6(3-5-20-8)12(14)9-7(2-4-15-9)16-11(13)17-12/h2-5,15H,14H2,1H3,(H3,13,16,17). The molecule has 104 valence electrons. The Kier molecular flexibility index (Phi) is 2.77. The van der Waals surface area contributed by atoms with Crippen LogP contribution in [0.15, 0.2) is 28.7 Å². The molecule has 2 aromatic rings. The SMILES string of the molecule is COC(=O)c1sccc1C1(N)N=C(N)Nc2cc[nH]c21. The fourth-order valence-corrected chi connectivity index (χ4v) is 3.13. The number of aliphatic imine (C=N–C) groups is 1. The summed E-state index contributed by atoms with van der Waals surface area (Å²) in [6.07, 6.45) is 1.73. The molecule has 0 saturated heterocycles. The van der Waals surface area contributed by atoms with Gasteiger partial charge in [-0.15, -0.1) is 11.3 Å². The summed E-state index contributed by atoms with van der Waals surface area (Å²) in [6, 6.07) is 3.56. The minimum absolute atomic E-state index is 0.196. The molecule has 3 heterocycles. The predicted molar refractivity (Wildman–Crippen MR) is 76.7 cm³/mol. The first kappa shape index (κ1) is 12.7. The number of rotatable bonds is 2. The molecule has 7 nitrogen and oxygen atoms in total. The van der Waals surface area contributed by atoms with E-state index < -0.39 is 11.6 Å². The number of fused-ring (bicyclic) bond motifs is 1. The number of hydrogen-bond acceptors (Lipinski definition) is 7. The Morgan fingerprint density at radius 3 is 3.05 bits per heavy atom. The molecule has 0 aliphatic carbocycles. The van der Waals surface area contributed by atoms with Crippen LogP contribution in [0.25, 0.3) is 0 Å². The highest BCUT2D eigenvalue weighted by molar-refractivity contribution is 7.12. The fourth-order valence-electron chi connectivity index (χ4n) is 2.26. The van der Waals surface area contributed by atoms with Gasteiger partial charge in [-0.3, -0.25) is 5.73 Å². The van der Waals surface area contributed by atoms with Gasteiger partial charge in [0.05, 0.1) is 18.5 Å². The van der Waals surface area contributed by atoms with Crippen molar-refractivity contribution in [3.05, 3.63) is 39.8 Å². The molecule has 6 N–H and O–H groups in total. The maximum atomic E-state index is 11.8. The largest absolute Gasteiger partial charge is 0.465 e. The number of thiophene rings is 1. The number of nitrogens with zero attached hydrogens (tertiary/aromatic N) is 1. The molecular weight excluding hydrogens is 278 g/mol. The summed E-state index contributed by atoms with van der Waals surface area (Å²) >= 11 is 1.25. The highest BCUT2D eigenvalue weighted by Crippen LogP contribution is 2.38. The zero-order valence-electron chi connectivity index (χ0n) is 10.6. The van der Waals surface area contributed by atoms with E-state index in [0.717, 1.165) is 5.69 Å². The number of carbonyl (C=O) groups is 1. The summed E-state index contributed by atoms with van der Waals surface area (Å²) in [6.45, 7) is 0. The first-order valence-electron chi connectivity index (χ1n) is 5.81. The monoisotopic (exact) mass is 291 g/mol. The summed E-state index contributed by atoms with van der Waals surface area (Å²) in [7, 11) is 1.33. The lowest BCUT2D eigenvalue weighted by atomic mass is 9.96. The number of nitrogens with two attached hydrogens (primary N) is 2. The van der Waals surface area contributed by atoms with Crippen molar-refractivity contribution in [3.63, 3.8) is 0 Å². The lowest BCUT2D eigenvalue weighted by Gasteiger charge is -2.30. The number of H-pyrrole nitrogens is 1. The van der Waals surface area contributed by atoms with Crippen molar-refractivity contribution in [2.75, 3.05) is 12.4 Å². The molecule has 3 rings (SSSR count). The van der Waals surface area contributed by atoms with E-state index in [0.29, 0.717) is 16.1 Å². The number of methoxy groups -OCH3 is 1. The van der Waals surface area contributed by atoms with Crippen LogP contribution in [0.1, 0.15) is 20.9 Å². The molecule has 1 aliphatic rings. The molecule has 0 spiro atoms. The molecule has 0 saturated carbocycles. The molecule has 2 aromatic heterocycles. The zero-order valence-corrected chi connectivity index (χ0v) is 11.5. The van der Waals surface area contributed by atoms with Gasteiger partial charge >= 0.3 is 5.97 Å². The third kappa shape index (κ3) is 1.69. The average molecular weight is 291 g/mol. The molecule has 0 fully saturated rings. The number of anilines is 1. The van der Waals surface area contributed by atoms with Gasteiger partial charge in [-0.1, -0.05) is 0 Å². The third-order valence-electron chi connectivity index (χ3n) is 3.13. The van der Waals surface area contributed by atoms with Gasteiger partial charge in [0.2, 0.25) is 0 Å². The van der Waals surface area contributed by atoms with Crippen molar-refractivity contribution >= 4 is 29.0 Å². The van der Waals surface area contributed by atoms with Gasteiger partial charge in [0, 0.05) is 11.8 Å². The number of esters is 1. The maximum Gasteiger partial charge on any atom is 0.348 e. The molecule has 0 amide bonds. The Morgan fingerprint density at radius 1 is 1.50 bits per heavy atom. The van der Waals surface area contributed by atoms with Crippen LogP contribution < -0.4 is 16.8 Å². The topological polar surface area (TPSA) is 119 Å². The van der Waals surface area contributed by atoms with Gasteiger partial charge in [0.15, 0.2) is 11.6 Å². The van der Waals surface area contributed by atoms with Gasteiger partial charge in [0.25, 0.3) is 0 Å². The third-order valence-corrected chi connectivity index (χ3v) is 4.03. The van der Waals surface area contributed by atoms with Gasteiger partial charge < -0.3 is 20.8 Å². The second kappa shape index (κ2) is 4.36. The van der Waals surface area contributed by atoms with E-state index in [2.05, 4.69) is 15.3 Å². The fraction of sp³-hybridized carbons (Fsp3) is 0.167. The number of aromatic amines is 1. The number of carbonyl (C=O) groups excluding carboxylic acids is 1. The Bertz CT molecular complexity index is 704. The van der Waals surface area contributed by atoms with Crippen LogP contribution >= 0.6 is 11.3 Å². The zero-order chi connectivity index (χ0) is 14.3. The van der Waals surface area contributed by atoms with Gasteiger partial charge in [-0.2, -0.15) is 0 Å².